The predicted molar refractivity (Wildman–Crippen MR) is 57.2 cm³/mol. The Hall–Kier alpha value is -0.520. The van der Waals surface area contributed by atoms with Crippen LogP contribution in [0.1, 0.15) is 12.7 Å². The van der Waals surface area contributed by atoms with Crippen LogP contribution in [0.3, 0.4) is 0 Å². The van der Waals surface area contributed by atoms with Crippen LogP contribution in [-0.2, 0) is 15.1 Å². The van der Waals surface area contributed by atoms with Crippen LogP contribution in [0.15, 0.2) is 21.2 Å². The van der Waals surface area contributed by atoms with E-state index in [1.54, 1.807) is 12.1 Å². The zero-order chi connectivity index (χ0) is 10.1. The minimum Gasteiger partial charge on any atom is -0.467 e. The van der Waals surface area contributed by atoms with Crippen molar-refractivity contribution in [1.29, 1.82) is 0 Å². The minimum absolute atomic E-state index is 0. The largest absolute Gasteiger partial charge is 0.467 e. The summed E-state index contributed by atoms with van der Waals surface area (Å²) in [5, 5.41) is 0. The number of methoxy groups -OCH3 is 1. The van der Waals surface area contributed by atoms with Gasteiger partial charge in [-0.05, 0) is 35.0 Å². The van der Waals surface area contributed by atoms with Gasteiger partial charge >= 0.3 is 5.97 Å². The van der Waals surface area contributed by atoms with Crippen molar-refractivity contribution in [2.45, 2.75) is 12.5 Å². The molecule has 1 aromatic heterocycles. The highest BCUT2D eigenvalue weighted by Gasteiger charge is 2.34. The molecule has 0 aliphatic carbocycles. The average Bonchev–Trinajstić information content (AvgIpc) is 2.50. The number of esters is 1. The van der Waals surface area contributed by atoms with Crippen molar-refractivity contribution in [2.24, 2.45) is 5.73 Å². The van der Waals surface area contributed by atoms with Crippen LogP contribution in [0.25, 0.3) is 0 Å². The molecule has 0 bridgehead atoms. The van der Waals surface area contributed by atoms with E-state index in [1.807, 2.05) is 0 Å². The fourth-order valence-electron chi connectivity index (χ4n) is 0.906. The lowest BCUT2D eigenvalue weighted by molar-refractivity contribution is -0.147. The molecule has 0 radical (unpaired) electrons. The van der Waals surface area contributed by atoms with Gasteiger partial charge in [0.2, 0.25) is 0 Å². The molecular formula is C8H11BrClNO3. The number of carbonyl (C=O) groups excluding carboxylic acids is 1. The Balaban J connectivity index is 0.00000169. The summed E-state index contributed by atoms with van der Waals surface area (Å²) >= 11 is 3.12. The van der Waals surface area contributed by atoms with Crippen LogP contribution in [0.2, 0.25) is 0 Å². The zero-order valence-electron chi connectivity index (χ0n) is 7.74. The monoisotopic (exact) mass is 283 g/mol. The van der Waals surface area contributed by atoms with Crippen LogP contribution in [0.5, 0.6) is 0 Å². The molecule has 0 aliphatic heterocycles. The quantitative estimate of drug-likeness (QED) is 0.841. The van der Waals surface area contributed by atoms with Crippen molar-refractivity contribution in [1.82, 2.24) is 0 Å². The average molecular weight is 285 g/mol. The summed E-state index contributed by atoms with van der Waals surface area (Å²) < 4.78 is 10.2. The first-order valence-electron chi connectivity index (χ1n) is 3.61. The molecule has 0 saturated heterocycles. The van der Waals surface area contributed by atoms with E-state index in [9.17, 15) is 4.79 Å². The van der Waals surface area contributed by atoms with Crippen LogP contribution in [0.4, 0.5) is 0 Å². The van der Waals surface area contributed by atoms with Gasteiger partial charge in [0, 0.05) is 0 Å². The van der Waals surface area contributed by atoms with Gasteiger partial charge in [-0.15, -0.1) is 12.4 Å². The Kier molecular flexibility index (Phi) is 4.64. The fourth-order valence-corrected chi connectivity index (χ4v) is 1.21. The van der Waals surface area contributed by atoms with E-state index in [0.717, 1.165) is 0 Å². The molecule has 1 atom stereocenters. The molecule has 1 aromatic rings. The minimum atomic E-state index is -1.24. The van der Waals surface area contributed by atoms with E-state index < -0.39 is 11.5 Å². The van der Waals surface area contributed by atoms with Gasteiger partial charge < -0.3 is 14.9 Å². The van der Waals surface area contributed by atoms with Crippen LogP contribution < -0.4 is 5.73 Å². The highest BCUT2D eigenvalue weighted by atomic mass is 79.9. The second kappa shape index (κ2) is 4.82. The normalized spacial score (nSPS) is 14.0. The van der Waals surface area contributed by atoms with Gasteiger partial charge in [0.05, 0.1) is 7.11 Å². The second-order valence-corrected chi connectivity index (χ2v) is 3.58. The topological polar surface area (TPSA) is 65.5 Å². The van der Waals surface area contributed by atoms with Crippen molar-refractivity contribution >= 4 is 34.3 Å². The predicted octanol–water partition coefficient (Wildman–Crippen LogP) is 1.81. The number of rotatable bonds is 2. The zero-order valence-corrected chi connectivity index (χ0v) is 10.1. The first-order chi connectivity index (χ1) is 5.98. The summed E-state index contributed by atoms with van der Waals surface area (Å²) in [6.45, 7) is 1.53. The summed E-state index contributed by atoms with van der Waals surface area (Å²) in [6.07, 6.45) is 0. The molecule has 2 N–H and O–H groups in total. The first-order valence-corrected chi connectivity index (χ1v) is 4.41. The third kappa shape index (κ3) is 2.50. The van der Waals surface area contributed by atoms with Gasteiger partial charge in [0.1, 0.15) is 5.76 Å². The third-order valence-corrected chi connectivity index (χ3v) is 2.12. The summed E-state index contributed by atoms with van der Waals surface area (Å²) in [4.78, 5) is 11.2. The van der Waals surface area contributed by atoms with Crippen molar-refractivity contribution in [3.63, 3.8) is 0 Å². The van der Waals surface area contributed by atoms with Gasteiger partial charge in [0.25, 0.3) is 0 Å². The molecule has 0 saturated carbocycles. The molecule has 1 rings (SSSR count). The van der Waals surface area contributed by atoms with Crippen molar-refractivity contribution in [3.05, 3.63) is 22.6 Å². The molecule has 80 valence electrons. The van der Waals surface area contributed by atoms with Gasteiger partial charge in [-0.25, -0.2) is 4.79 Å². The third-order valence-electron chi connectivity index (χ3n) is 1.69. The highest BCUT2D eigenvalue weighted by molar-refractivity contribution is 9.10. The summed E-state index contributed by atoms with van der Waals surface area (Å²) in [5.74, 6) is -0.166. The molecule has 0 spiro atoms. The Bertz CT molecular complexity index is 324. The van der Waals surface area contributed by atoms with Gasteiger partial charge in [-0.3, -0.25) is 0 Å². The Labute approximate surface area is 96.3 Å². The lowest BCUT2D eigenvalue weighted by atomic mass is 10.0. The fraction of sp³-hybridized carbons (Fsp3) is 0.375. The summed E-state index contributed by atoms with van der Waals surface area (Å²) in [7, 11) is 1.28. The van der Waals surface area contributed by atoms with Crippen LogP contribution in [-0.4, -0.2) is 13.1 Å². The lowest BCUT2D eigenvalue weighted by Crippen LogP contribution is -2.42. The number of ether oxygens (including phenoxy) is 1. The molecule has 0 amide bonds. The second-order valence-electron chi connectivity index (χ2n) is 2.80. The molecule has 4 nitrogen and oxygen atoms in total. The molecule has 0 fully saturated rings. The van der Waals surface area contributed by atoms with Crippen molar-refractivity contribution in [3.8, 4) is 0 Å². The molecule has 6 heteroatoms. The van der Waals surface area contributed by atoms with Crippen LogP contribution >= 0.6 is 28.3 Å². The van der Waals surface area contributed by atoms with E-state index in [-0.39, 0.29) is 12.4 Å². The van der Waals surface area contributed by atoms with E-state index >= 15 is 0 Å². The summed E-state index contributed by atoms with van der Waals surface area (Å²) in [5.41, 5.74) is 4.48. The molecule has 0 aromatic carbocycles. The molecule has 0 aliphatic rings. The Morgan fingerprint density at radius 1 is 1.64 bits per heavy atom. The van der Waals surface area contributed by atoms with Crippen LogP contribution in [0, 0.1) is 0 Å². The van der Waals surface area contributed by atoms with Crippen molar-refractivity contribution < 1.29 is 13.9 Å². The Morgan fingerprint density at radius 3 is 2.57 bits per heavy atom. The molecular weight excluding hydrogens is 273 g/mol. The molecule has 0 unspecified atom stereocenters. The standard InChI is InChI=1S/C8H10BrNO3.ClH/c1-8(10,7(11)12-2)5-3-4-6(9)13-5;/h3-4H,10H2,1-2H3;1H/t8-;/m0./s1. The van der Waals surface area contributed by atoms with Crippen molar-refractivity contribution in [2.75, 3.05) is 7.11 Å². The lowest BCUT2D eigenvalue weighted by Gasteiger charge is -2.18. The van der Waals surface area contributed by atoms with E-state index in [1.165, 1.54) is 14.0 Å². The maximum Gasteiger partial charge on any atom is 0.333 e. The maximum absolute atomic E-state index is 11.2. The highest BCUT2D eigenvalue weighted by Crippen LogP contribution is 2.24. The SMILES string of the molecule is COC(=O)[C@@](C)(N)c1ccc(Br)o1.Cl. The van der Waals surface area contributed by atoms with E-state index in [2.05, 4.69) is 20.7 Å². The maximum atomic E-state index is 11.2. The molecule has 1 heterocycles. The van der Waals surface area contributed by atoms with Gasteiger partial charge in [0.15, 0.2) is 10.2 Å². The number of carbonyl (C=O) groups is 1. The smallest absolute Gasteiger partial charge is 0.333 e. The number of halogens is 2. The number of hydrogen-bond acceptors (Lipinski definition) is 4. The van der Waals surface area contributed by atoms with E-state index in [0.29, 0.717) is 10.4 Å². The van der Waals surface area contributed by atoms with E-state index in [4.69, 9.17) is 10.2 Å². The number of nitrogens with two attached hydrogens (primary N) is 1. The Morgan fingerprint density at radius 2 is 2.21 bits per heavy atom. The number of furan rings is 1. The first kappa shape index (κ1) is 13.5. The van der Waals surface area contributed by atoms with Gasteiger partial charge in [-0.2, -0.15) is 0 Å². The summed E-state index contributed by atoms with van der Waals surface area (Å²) in [6, 6.07) is 3.30. The molecule has 14 heavy (non-hydrogen) atoms. The van der Waals surface area contributed by atoms with Gasteiger partial charge in [-0.1, -0.05) is 0 Å². The number of hydrogen-bond donors (Lipinski definition) is 1.